The van der Waals surface area contributed by atoms with Gasteiger partial charge in [-0.25, -0.2) is 0 Å². The van der Waals surface area contributed by atoms with Crippen LogP contribution in [-0.4, -0.2) is 29.1 Å². The predicted octanol–water partition coefficient (Wildman–Crippen LogP) is 5.31. The molecule has 0 radical (unpaired) electrons. The molecule has 1 unspecified atom stereocenters. The maximum absolute atomic E-state index is 13.2. The lowest BCUT2D eigenvalue weighted by molar-refractivity contribution is -0.143. The SMILES string of the molecule is O=C(O)C1CCN(C(c2ccsc2)c2cc(C(F)(F)F)ccc2Cl)CC1. The van der Waals surface area contributed by atoms with Crippen molar-refractivity contribution in [2.75, 3.05) is 13.1 Å². The molecule has 1 aliphatic heterocycles. The Hall–Kier alpha value is -1.57. The number of halogens is 4. The van der Waals surface area contributed by atoms with Crippen molar-refractivity contribution in [1.82, 2.24) is 4.90 Å². The van der Waals surface area contributed by atoms with Crippen molar-refractivity contribution < 1.29 is 23.1 Å². The number of rotatable bonds is 4. The van der Waals surface area contributed by atoms with Gasteiger partial charge in [-0.05, 0) is 72.1 Å². The summed E-state index contributed by atoms with van der Waals surface area (Å²) < 4.78 is 39.5. The second-order valence-electron chi connectivity index (χ2n) is 6.34. The molecule has 26 heavy (non-hydrogen) atoms. The molecule has 0 amide bonds. The van der Waals surface area contributed by atoms with Crippen molar-refractivity contribution in [2.24, 2.45) is 5.92 Å². The largest absolute Gasteiger partial charge is 0.481 e. The maximum atomic E-state index is 13.2. The molecular weight excluding hydrogens is 387 g/mol. The Morgan fingerprint density at radius 1 is 1.27 bits per heavy atom. The number of nitrogens with zero attached hydrogens (tertiary/aromatic N) is 1. The standard InChI is InChI=1S/C18H17ClF3NO2S/c19-15-2-1-13(18(20,21)22)9-14(15)16(12-5-8-26-10-12)23-6-3-11(4-7-23)17(24)25/h1-2,5,8-11,16H,3-4,6-7H2,(H,24,25). The Morgan fingerprint density at radius 2 is 1.96 bits per heavy atom. The number of alkyl halides is 3. The van der Waals surface area contributed by atoms with Crippen molar-refractivity contribution in [3.05, 3.63) is 56.7 Å². The van der Waals surface area contributed by atoms with Crippen LogP contribution in [0.25, 0.3) is 0 Å². The average Bonchev–Trinajstić information content (AvgIpc) is 3.10. The Kier molecular flexibility index (Phi) is 5.60. The summed E-state index contributed by atoms with van der Waals surface area (Å²) in [6, 6.07) is 4.81. The molecule has 0 spiro atoms. The predicted molar refractivity (Wildman–Crippen MR) is 94.5 cm³/mol. The molecule has 0 saturated carbocycles. The van der Waals surface area contributed by atoms with Crippen LogP contribution in [0.3, 0.4) is 0 Å². The van der Waals surface area contributed by atoms with Crippen molar-refractivity contribution >= 4 is 28.9 Å². The van der Waals surface area contributed by atoms with Gasteiger partial charge in [0.25, 0.3) is 0 Å². The second kappa shape index (κ2) is 7.58. The third kappa shape index (κ3) is 4.05. The third-order valence-electron chi connectivity index (χ3n) is 4.72. The van der Waals surface area contributed by atoms with Crippen LogP contribution in [0.1, 0.15) is 35.6 Å². The van der Waals surface area contributed by atoms with Crippen molar-refractivity contribution in [3.8, 4) is 0 Å². The third-order valence-corrected chi connectivity index (χ3v) is 5.77. The summed E-state index contributed by atoms with van der Waals surface area (Å²) in [5.74, 6) is -1.24. The van der Waals surface area contributed by atoms with Gasteiger partial charge in [-0.15, -0.1) is 0 Å². The summed E-state index contributed by atoms with van der Waals surface area (Å²) in [5, 5.41) is 13.2. The zero-order valence-electron chi connectivity index (χ0n) is 13.7. The van der Waals surface area contributed by atoms with Gasteiger partial charge in [0.05, 0.1) is 17.5 Å². The number of hydrogen-bond donors (Lipinski definition) is 1. The summed E-state index contributed by atoms with van der Waals surface area (Å²) >= 11 is 7.73. The summed E-state index contributed by atoms with van der Waals surface area (Å²) in [4.78, 5) is 13.2. The van der Waals surface area contributed by atoms with Gasteiger partial charge in [0.2, 0.25) is 0 Å². The van der Waals surface area contributed by atoms with E-state index in [-0.39, 0.29) is 5.02 Å². The van der Waals surface area contributed by atoms with Crippen molar-refractivity contribution in [2.45, 2.75) is 25.1 Å². The Balaban J connectivity index is 1.97. The van der Waals surface area contributed by atoms with Gasteiger partial charge in [0.15, 0.2) is 0 Å². The van der Waals surface area contributed by atoms with E-state index in [9.17, 15) is 23.1 Å². The lowest BCUT2D eigenvalue weighted by Gasteiger charge is -2.37. The van der Waals surface area contributed by atoms with E-state index in [1.807, 2.05) is 21.7 Å². The number of piperidine rings is 1. The molecule has 1 fully saturated rings. The molecule has 3 nitrogen and oxygen atoms in total. The number of likely N-dealkylation sites (tertiary alicyclic amines) is 1. The minimum Gasteiger partial charge on any atom is -0.481 e. The molecule has 1 N–H and O–H groups in total. The van der Waals surface area contributed by atoms with Gasteiger partial charge in [0, 0.05) is 5.02 Å². The Bertz CT molecular complexity index is 771. The van der Waals surface area contributed by atoms with Crippen LogP contribution in [0.2, 0.25) is 5.02 Å². The fourth-order valence-corrected chi connectivity index (χ4v) is 4.25. The Morgan fingerprint density at radius 3 is 2.50 bits per heavy atom. The van der Waals surface area contributed by atoms with Crippen LogP contribution in [0.15, 0.2) is 35.0 Å². The highest BCUT2D eigenvalue weighted by molar-refractivity contribution is 7.08. The van der Waals surface area contributed by atoms with Crippen molar-refractivity contribution in [1.29, 1.82) is 0 Å². The van der Waals surface area contributed by atoms with Crippen LogP contribution in [0, 0.1) is 5.92 Å². The number of benzene rings is 1. The Labute approximate surface area is 158 Å². The minimum absolute atomic E-state index is 0.273. The quantitative estimate of drug-likeness (QED) is 0.752. The number of carbonyl (C=O) groups is 1. The molecule has 1 aromatic heterocycles. The maximum Gasteiger partial charge on any atom is 0.416 e. The van der Waals surface area contributed by atoms with E-state index in [4.69, 9.17) is 11.6 Å². The highest BCUT2D eigenvalue weighted by atomic mass is 35.5. The molecular formula is C18H17ClF3NO2S. The van der Waals surface area contributed by atoms with E-state index in [0.29, 0.717) is 31.5 Å². The van der Waals surface area contributed by atoms with Gasteiger partial charge < -0.3 is 5.11 Å². The normalized spacial score (nSPS) is 18.0. The van der Waals surface area contributed by atoms with E-state index in [1.54, 1.807) is 0 Å². The van der Waals surface area contributed by atoms with E-state index in [2.05, 4.69) is 0 Å². The molecule has 8 heteroatoms. The molecule has 1 aliphatic rings. The fraction of sp³-hybridized carbons (Fsp3) is 0.389. The van der Waals surface area contributed by atoms with Gasteiger partial charge in [-0.3, -0.25) is 9.69 Å². The lowest BCUT2D eigenvalue weighted by atomic mass is 9.91. The minimum atomic E-state index is -4.45. The number of carboxylic acid groups (broad SMARTS) is 1. The lowest BCUT2D eigenvalue weighted by Crippen LogP contribution is -2.39. The zero-order chi connectivity index (χ0) is 18.9. The smallest absolute Gasteiger partial charge is 0.416 e. The summed E-state index contributed by atoms with van der Waals surface area (Å²) in [5.41, 5.74) is 0.524. The van der Waals surface area contributed by atoms with Gasteiger partial charge in [-0.2, -0.15) is 24.5 Å². The molecule has 2 aromatic rings. The highest BCUT2D eigenvalue weighted by Gasteiger charge is 2.35. The van der Waals surface area contributed by atoms with Crippen LogP contribution in [0.4, 0.5) is 13.2 Å². The van der Waals surface area contributed by atoms with Crippen LogP contribution in [0.5, 0.6) is 0 Å². The van der Waals surface area contributed by atoms with Crippen LogP contribution in [-0.2, 0) is 11.0 Å². The first-order valence-corrected chi connectivity index (χ1v) is 9.45. The van der Waals surface area contributed by atoms with E-state index >= 15 is 0 Å². The zero-order valence-corrected chi connectivity index (χ0v) is 15.2. The number of carboxylic acids is 1. The molecule has 0 aliphatic carbocycles. The summed E-state index contributed by atoms with van der Waals surface area (Å²) in [6.07, 6.45) is -3.52. The summed E-state index contributed by atoms with van der Waals surface area (Å²) in [6.45, 7) is 0.980. The second-order valence-corrected chi connectivity index (χ2v) is 7.53. The monoisotopic (exact) mass is 403 g/mol. The van der Waals surface area contributed by atoms with Crippen LogP contribution >= 0.6 is 22.9 Å². The fourth-order valence-electron chi connectivity index (χ4n) is 3.35. The average molecular weight is 404 g/mol. The van der Waals surface area contributed by atoms with Gasteiger partial charge in [0.1, 0.15) is 0 Å². The van der Waals surface area contributed by atoms with Crippen molar-refractivity contribution in [3.63, 3.8) is 0 Å². The van der Waals surface area contributed by atoms with E-state index in [1.165, 1.54) is 17.4 Å². The topological polar surface area (TPSA) is 40.5 Å². The molecule has 1 aromatic carbocycles. The molecule has 2 heterocycles. The number of thiophene rings is 1. The van der Waals surface area contributed by atoms with Gasteiger partial charge >= 0.3 is 12.1 Å². The van der Waals surface area contributed by atoms with E-state index in [0.717, 1.165) is 17.7 Å². The van der Waals surface area contributed by atoms with Crippen LogP contribution < -0.4 is 0 Å². The first-order chi connectivity index (χ1) is 12.3. The molecule has 0 bridgehead atoms. The van der Waals surface area contributed by atoms with E-state index < -0.39 is 29.7 Å². The van der Waals surface area contributed by atoms with Gasteiger partial charge in [-0.1, -0.05) is 11.6 Å². The first-order valence-electron chi connectivity index (χ1n) is 8.13. The first kappa shape index (κ1) is 19.2. The number of hydrogen-bond acceptors (Lipinski definition) is 3. The summed E-state index contributed by atoms with van der Waals surface area (Å²) in [7, 11) is 0. The molecule has 3 rings (SSSR count). The molecule has 1 atom stereocenters. The molecule has 1 saturated heterocycles. The molecule has 140 valence electrons. The number of aliphatic carboxylic acids is 1. The highest BCUT2D eigenvalue weighted by Crippen LogP contribution is 2.40.